The molecule has 11 heteroatoms. The predicted octanol–water partition coefficient (Wildman–Crippen LogP) is 4.13. The van der Waals surface area contributed by atoms with Gasteiger partial charge in [-0.3, -0.25) is 0 Å². The first-order chi connectivity index (χ1) is 15.8. The molecule has 4 rings (SSSR count). The lowest BCUT2D eigenvalue weighted by atomic mass is 10.2. The Morgan fingerprint density at radius 1 is 1.21 bits per heavy atom. The Labute approximate surface area is 197 Å². The van der Waals surface area contributed by atoms with Crippen LogP contribution in [0.5, 0.6) is 0 Å². The number of hydrogen-bond acceptors (Lipinski definition) is 10. The van der Waals surface area contributed by atoms with Gasteiger partial charge in [-0.1, -0.05) is 6.07 Å². The molecule has 9 nitrogen and oxygen atoms in total. The minimum absolute atomic E-state index is 0.277. The van der Waals surface area contributed by atoms with Crippen LogP contribution in [0.4, 0.5) is 29.1 Å². The number of aromatic nitrogens is 3. The minimum atomic E-state index is -2.34. The molecular weight excluding hydrogens is 456 g/mol. The predicted molar refractivity (Wildman–Crippen MR) is 133 cm³/mol. The molecule has 2 N–H and O–H groups in total. The highest BCUT2D eigenvalue weighted by Gasteiger charge is 2.14. The zero-order chi connectivity index (χ0) is 23.4. The normalized spacial score (nSPS) is 14.0. The lowest BCUT2D eigenvalue weighted by Crippen LogP contribution is -2.18. The average molecular weight is 481 g/mol. The molecule has 0 saturated carbocycles. The Hall–Kier alpha value is -3.20. The van der Waals surface area contributed by atoms with Crippen molar-refractivity contribution in [3.8, 4) is 6.07 Å². The molecule has 0 fully saturated rings. The zero-order valence-corrected chi connectivity index (χ0v) is 20.2. The number of hydrogen-bond donors (Lipinski definition) is 2. The van der Waals surface area contributed by atoms with Crippen LogP contribution in [0.3, 0.4) is 0 Å². The topological polar surface area (TPSA) is 119 Å². The number of nitrogens with zero attached hydrogens (tertiary/aromatic N) is 6. The van der Waals surface area contributed by atoms with Crippen molar-refractivity contribution >= 4 is 50.6 Å². The van der Waals surface area contributed by atoms with Gasteiger partial charge in [0, 0.05) is 51.7 Å². The summed E-state index contributed by atoms with van der Waals surface area (Å²) in [6, 6.07) is 13.5. The highest BCUT2D eigenvalue weighted by Crippen LogP contribution is 2.30. The van der Waals surface area contributed by atoms with Gasteiger partial charge in [-0.15, -0.1) is 11.8 Å². The smallest absolute Gasteiger partial charge is 0.229 e. The Balaban J connectivity index is 1.59. The second-order valence-electron chi connectivity index (χ2n) is 7.88. The van der Waals surface area contributed by atoms with Gasteiger partial charge in [0.2, 0.25) is 5.95 Å². The maximum atomic E-state index is 12.0. The molecule has 3 heterocycles. The van der Waals surface area contributed by atoms with Gasteiger partial charge >= 0.3 is 0 Å². The van der Waals surface area contributed by atoms with Crippen molar-refractivity contribution in [3.05, 3.63) is 53.7 Å². The Morgan fingerprint density at radius 2 is 2.06 bits per heavy atom. The van der Waals surface area contributed by atoms with E-state index in [4.69, 9.17) is 0 Å². The van der Waals surface area contributed by atoms with Crippen LogP contribution < -0.4 is 10.6 Å². The number of benzene rings is 1. The summed E-state index contributed by atoms with van der Waals surface area (Å²) < 4.78 is 16.1. The summed E-state index contributed by atoms with van der Waals surface area (Å²) in [6.07, 6.45) is 4.55. The number of nitrogens with one attached hydrogen (secondary N) is 2. The van der Waals surface area contributed by atoms with Gasteiger partial charge in [0.1, 0.15) is 17.5 Å². The molecule has 0 amide bonds. The number of nitriles is 1. The van der Waals surface area contributed by atoms with Crippen LogP contribution >= 0.6 is 11.8 Å². The van der Waals surface area contributed by atoms with Crippen molar-refractivity contribution in [3.63, 3.8) is 0 Å². The van der Waals surface area contributed by atoms with E-state index in [1.54, 1.807) is 30.7 Å². The first kappa shape index (κ1) is 23.0. The van der Waals surface area contributed by atoms with Crippen molar-refractivity contribution in [2.75, 3.05) is 42.5 Å². The Bertz CT molecular complexity index is 1340. The van der Waals surface area contributed by atoms with Crippen LogP contribution in [0.2, 0.25) is 0 Å². The SMILES string of the molecule is CN1CCSc2ccc(Nc3ncc(C#N)c(Nc4cccc(N=S(C)(C)=O)n4)n3)cc2C1. The Kier molecular flexibility index (Phi) is 6.78. The first-order valence-corrected chi connectivity index (χ1v) is 13.5. The fourth-order valence-electron chi connectivity index (χ4n) is 3.24. The van der Waals surface area contributed by atoms with Crippen LogP contribution in [0, 0.1) is 11.3 Å². The monoisotopic (exact) mass is 480 g/mol. The summed E-state index contributed by atoms with van der Waals surface area (Å²) in [6.45, 7) is 1.93. The molecular formula is C22H24N8OS2. The molecule has 1 aliphatic heterocycles. The van der Waals surface area contributed by atoms with Gasteiger partial charge in [-0.2, -0.15) is 14.6 Å². The van der Waals surface area contributed by atoms with Crippen LogP contribution in [-0.2, 0) is 16.3 Å². The van der Waals surface area contributed by atoms with Crippen LogP contribution in [-0.4, -0.2) is 55.9 Å². The minimum Gasteiger partial charge on any atom is -0.324 e. The van der Waals surface area contributed by atoms with Crippen molar-refractivity contribution < 1.29 is 4.21 Å². The first-order valence-electron chi connectivity index (χ1n) is 10.2. The second kappa shape index (κ2) is 9.74. The van der Waals surface area contributed by atoms with E-state index in [0.717, 1.165) is 24.5 Å². The molecule has 0 bridgehead atoms. The highest BCUT2D eigenvalue weighted by molar-refractivity contribution is 7.99. The average Bonchev–Trinajstić information content (AvgIpc) is 2.93. The van der Waals surface area contributed by atoms with Crippen molar-refractivity contribution in [1.29, 1.82) is 5.26 Å². The van der Waals surface area contributed by atoms with Crippen molar-refractivity contribution in [2.24, 2.45) is 4.36 Å². The van der Waals surface area contributed by atoms with Crippen LogP contribution in [0.15, 0.2) is 51.9 Å². The molecule has 0 spiro atoms. The van der Waals surface area contributed by atoms with Gasteiger partial charge in [-0.25, -0.2) is 14.2 Å². The number of anilines is 4. The quantitative estimate of drug-likeness (QED) is 0.555. The lowest BCUT2D eigenvalue weighted by molar-refractivity contribution is 0.349. The number of thioether (sulfide) groups is 1. The molecule has 1 aromatic carbocycles. The van der Waals surface area contributed by atoms with E-state index in [1.807, 2.05) is 17.8 Å². The summed E-state index contributed by atoms with van der Waals surface area (Å²) in [5, 5.41) is 15.8. The van der Waals surface area contributed by atoms with E-state index >= 15 is 0 Å². The molecule has 0 aliphatic carbocycles. The molecule has 0 radical (unpaired) electrons. The molecule has 0 atom stereocenters. The summed E-state index contributed by atoms with van der Waals surface area (Å²) in [5.41, 5.74) is 2.41. The standard InChI is InChI=1S/C22H24N8OS2/c1-30-9-10-32-18-8-7-17(11-15(18)14-30)25-22-24-13-16(12-23)21(28-22)27-19-5-4-6-20(26-19)29-33(2,3)31/h4-8,11,13H,9-10,14H2,1-3H3,(H2,24,25,26,27,28). The fraction of sp³-hybridized carbons (Fsp3) is 0.273. The number of pyridine rings is 1. The van der Waals surface area contributed by atoms with Crippen LogP contribution in [0.25, 0.3) is 0 Å². The highest BCUT2D eigenvalue weighted by atomic mass is 32.2. The van der Waals surface area contributed by atoms with Gasteiger partial charge in [-0.05, 0) is 42.9 Å². The summed E-state index contributed by atoms with van der Waals surface area (Å²) in [5.74, 6) is 2.52. The fourth-order valence-corrected chi connectivity index (χ4v) is 4.89. The summed E-state index contributed by atoms with van der Waals surface area (Å²) in [4.78, 5) is 16.7. The zero-order valence-electron chi connectivity index (χ0n) is 18.6. The van der Waals surface area contributed by atoms with E-state index in [2.05, 4.69) is 60.1 Å². The third-order valence-electron chi connectivity index (χ3n) is 4.69. The Morgan fingerprint density at radius 3 is 2.85 bits per heavy atom. The van der Waals surface area contributed by atoms with E-state index in [9.17, 15) is 9.47 Å². The maximum Gasteiger partial charge on any atom is 0.229 e. The summed E-state index contributed by atoms with van der Waals surface area (Å²) >= 11 is 1.86. The largest absolute Gasteiger partial charge is 0.324 e. The second-order valence-corrected chi connectivity index (χ2v) is 11.6. The third-order valence-corrected chi connectivity index (χ3v) is 6.41. The lowest BCUT2D eigenvalue weighted by Gasteiger charge is -2.14. The number of rotatable bonds is 5. The number of fused-ring (bicyclic) bond motifs is 1. The molecule has 0 unspecified atom stereocenters. The third kappa shape index (κ3) is 6.19. The van der Waals surface area contributed by atoms with Crippen LogP contribution in [0.1, 0.15) is 11.1 Å². The van der Waals surface area contributed by atoms with Gasteiger partial charge < -0.3 is 15.5 Å². The molecule has 2 aromatic heterocycles. The summed E-state index contributed by atoms with van der Waals surface area (Å²) in [7, 11) is -0.223. The molecule has 170 valence electrons. The molecule has 0 saturated heterocycles. The van der Waals surface area contributed by atoms with Crippen molar-refractivity contribution in [2.45, 2.75) is 11.4 Å². The molecule has 33 heavy (non-hydrogen) atoms. The molecule has 3 aromatic rings. The maximum absolute atomic E-state index is 12.0. The van der Waals surface area contributed by atoms with E-state index in [-0.39, 0.29) is 5.56 Å². The molecule has 1 aliphatic rings. The van der Waals surface area contributed by atoms with E-state index in [0.29, 0.717) is 23.4 Å². The van der Waals surface area contributed by atoms with Gasteiger partial charge in [0.25, 0.3) is 0 Å². The van der Waals surface area contributed by atoms with Gasteiger partial charge in [0.15, 0.2) is 11.6 Å². The van der Waals surface area contributed by atoms with E-state index < -0.39 is 9.73 Å². The van der Waals surface area contributed by atoms with E-state index in [1.165, 1.54) is 16.7 Å². The van der Waals surface area contributed by atoms with Crippen molar-refractivity contribution in [1.82, 2.24) is 19.9 Å². The van der Waals surface area contributed by atoms with Gasteiger partial charge in [0.05, 0.1) is 6.20 Å².